The zero-order valence-corrected chi connectivity index (χ0v) is 6.66. The number of carbonyl (C=O) groups is 2. The smallest absolute Gasteiger partial charge is 0.0666 e. The van der Waals surface area contributed by atoms with Crippen LogP contribution in [0.15, 0.2) is 25.3 Å². The lowest BCUT2D eigenvalue weighted by Gasteiger charge is -1.96. The van der Waals surface area contributed by atoms with E-state index in [0.717, 1.165) is 0 Å². The zero-order valence-electron chi connectivity index (χ0n) is 6.66. The van der Waals surface area contributed by atoms with Crippen LogP contribution in [0.3, 0.4) is 0 Å². The highest BCUT2D eigenvalue weighted by atomic mass is 16.6. The average molecular weight is 173 g/mol. The molecule has 0 aromatic rings. The van der Waals surface area contributed by atoms with Crippen molar-refractivity contribution >= 4 is 12.1 Å². The average Bonchev–Trinajstić information content (AvgIpc) is 1.90. The molecule has 0 rings (SSSR count). The van der Waals surface area contributed by atoms with Gasteiger partial charge >= 0.3 is 0 Å². The summed E-state index contributed by atoms with van der Waals surface area (Å²) in [5.74, 6) is -1.19. The Bertz CT molecular complexity index is 145. The Morgan fingerprint density at radius 1 is 1.08 bits per heavy atom. The van der Waals surface area contributed by atoms with Crippen molar-refractivity contribution in [3.63, 3.8) is 0 Å². The summed E-state index contributed by atoms with van der Waals surface area (Å²) < 4.78 is 0. The summed E-state index contributed by atoms with van der Waals surface area (Å²) in [6.07, 6.45) is -2.33. The molecule has 0 fully saturated rings. The van der Waals surface area contributed by atoms with Crippen LogP contribution in [0.4, 0.5) is 4.79 Å². The van der Waals surface area contributed by atoms with E-state index in [9.17, 15) is 9.90 Å². The highest BCUT2D eigenvalue weighted by Gasteiger charge is 1.76. The van der Waals surface area contributed by atoms with E-state index >= 15 is 0 Å². The van der Waals surface area contributed by atoms with Gasteiger partial charge in [-0.2, -0.15) is 0 Å². The number of hydrogen-bond acceptors (Lipinski definition) is 5. The minimum Gasteiger partial charge on any atom is -0.652 e. The molecule has 0 bridgehead atoms. The first-order chi connectivity index (χ1) is 5.37. The summed E-state index contributed by atoms with van der Waals surface area (Å²) in [7, 11) is 0. The molecule has 0 spiro atoms. The molecule has 12 heavy (non-hydrogen) atoms. The molecule has 0 aromatic carbocycles. The minimum atomic E-state index is -2.33. The highest BCUT2D eigenvalue weighted by Crippen LogP contribution is 1.77. The number of carboxylic acids is 1. The predicted octanol–water partition coefficient (Wildman–Crippen LogP) is -2.33. The quantitative estimate of drug-likeness (QED) is 0.326. The lowest BCUT2D eigenvalue weighted by molar-refractivity contribution is -0.415. The van der Waals surface area contributed by atoms with E-state index in [0.29, 0.717) is 0 Å². The maximum absolute atomic E-state index is 9.49. The second-order valence-electron chi connectivity index (χ2n) is 1.32. The van der Waals surface area contributed by atoms with E-state index < -0.39 is 12.1 Å². The Labute approximate surface area is 70.3 Å². The van der Waals surface area contributed by atoms with Gasteiger partial charge in [0.15, 0.2) is 0 Å². The SMILES string of the molecule is C=C.C=C(C)C(=O)[O-].O=C([O-])[O-]. The van der Waals surface area contributed by atoms with Crippen molar-refractivity contribution in [2.24, 2.45) is 0 Å². The standard InChI is InChI=1S/C4H6O2.C2H4.CH2O3/c1-3(2)4(5)6;1-2;2-1(3)4/h1H2,2H3,(H,5,6);1-2H2;(H2,2,3,4)/p-3. The summed E-state index contributed by atoms with van der Waals surface area (Å²) in [4.78, 5) is 17.8. The molecule has 0 radical (unpaired) electrons. The van der Waals surface area contributed by atoms with Crippen LogP contribution >= 0.6 is 0 Å². The normalized spacial score (nSPS) is 6.08. The van der Waals surface area contributed by atoms with E-state index in [1.54, 1.807) is 0 Å². The first kappa shape index (κ1) is 16.7. The van der Waals surface area contributed by atoms with E-state index in [1.165, 1.54) is 6.92 Å². The molecule has 0 unspecified atom stereocenters. The Morgan fingerprint density at radius 3 is 1.17 bits per heavy atom. The summed E-state index contributed by atoms with van der Waals surface area (Å²) in [6, 6.07) is 0. The first-order valence-electron chi connectivity index (χ1n) is 2.62. The largest absolute Gasteiger partial charge is 0.652 e. The minimum absolute atomic E-state index is 0.0648. The maximum Gasteiger partial charge on any atom is 0.0666 e. The van der Waals surface area contributed by atoms with Gasteiger partial charge in [-0.05, 0) is 18.7 Å². The van der Waals surface area contributed by atoms with Gasteiger partial charge in [-0.15, -0.1) is 13.2 Å². The monoisotopic (exact) mass is 173 g/mol. The molecule has 0 aliphatic carbocycles. The molecule has 0 aliphatic heterocycles. The van der Waals surface area contributed by atoms with Gasteiger partial charge in [-0.25, -0.2) is 0 Å². The molecule has 0 aliphatic rings. The number of aliphatic carboxylic acids is 1. The lowest BCUT2D eigenvalue weighted by Crippen LogP contribution is -2.37. The topological polar surface area (TPSA) is 103 Å². The van der Waals surface area contributed by atoms with Crippen LogP contribution in [0.1, 0.15) is 6.92 Å². The molecule has 0 saturated heterocycles. The van der Waals surface area contributed by atoms with Crippen LogP contribution < -0.4 is 15.3 Å². The fourth-order valence-corrected chi connectivity index (χ4v) is 0. The van der Waals surface area contributed by atoms with Crippen molar-refractivity contribution in [2.45, 2.75) is 6.92 Å². The third-order valence-corrected chi connectivity index (χ3v) is 0.348. The molecule has 70 valence electrons. The van der Waals surface area contributed by atoms with Crippen molar-refractivity contribution in [1.29, 1.82) is 0 Å². The lowest BCUT2D eigenvalue weighted by atomic mass is 10.4. The molecule has 0 amide bonds. The number of rotatable bonds is 1. The summed E-state index contributed by atoms with van der Waals surface area (Å²) in [5.41, 5.74) is 0.0648. The molecular weight excluding hydrogens is 164 g/mol. The second-order valence-corrected chi connectivity index (χ2v) is 1.32. The molecule has 0 aromatic heterocycles. The van der Waals surface area contributed by atoms with E-state index in [4.69, 9.17) is 15.0 Å². The maximum atomic E-state index is 9.49. The van der Waals surface area contributed by atoms with E-state index in [-0.39, 0.29) is 5.57 Å². The van der Waals surface area contributed by atoms with E-state index in [1.807, 2.05) is 0 Å². The Hall–Kier alpha value is -1.78. The molecule has 5 nitrogen and oxygen atoms in total. The summed E-state index contributed by atoms with van der Waals surface area (Å²) >= 11 is 0. The predicted molar refractivity (Wildman–Crippen MR) is 36.5 cm³/mol. The van der Waals surface area contributed by atoms with Crippen LogP contribution in [0, 0.1) is 0 Å². The van der Waals surface area contributed by atoms with Gasteiger partial charge in [-0.1, -0.05) is 6.58 Å². The number of carbonyl (C=O) groups excluding carboxylic acids is 2. The molecule has 0 heterocycles. The van der Waals surface area contributed by atoms with E-state index in [2.05, 4.69) is 19.7 Å². The van der Waals surface area contributed by atoms with Crippen molar-refractivity contribution < 1.29 is 24.9 Å². The molecule has 5 heteroatoms. The van der Waals surface area contributed by atoms with Crippen LogP contribution in [-0.2, 0) is 4.79 Å². The summed E-state index contributed by atoms with van der Waals surface area (Å²) in [6.45, 7) is 10.5. The second kappa shape index (κ2) is 12.0. The van der Waals surface area contributed by atoms with Crippen LogP contribution in [0.25, 0.3) is 0 Å². The van der Waals surface area contributed by atoms with Gasteiger partial charge in [-0.3, -0.25) is 0 Å². The number of carboxylic acid groups (broad SMARTS) is 3. The van der Waals surface area contributed by atoms with Gasteiger partial charge in [0.05, 0.1) is 5.97 Å². The van der Waals surface area contributed by atoms with Crippen molar-refractivity contribution in [3.05, 3.63) is 25.3 Å². The Balaban J connectivity index is -0.000000118. The molecule has 0 N–H and O–H groups in total. The van der Waals surface area contributed by atoms with Crippen molar-refractivity contribution in [1.82, 2.24) is 0 Å². The van der Waals surface area contributed by atoms with Gasteiger partial charge < -0.3 is 24.9 Å². The van der Waals surface area contributed by atoms with Crippen molar-refractivity contribution in [3.8, 4) is 0 Å². The highest BCUT2D eigenvalue weighted by molar-refractivity contribution is 5.82. The van der Waals surface area contributed by atoms with Crippen molar-refractivity contribution in [2.75, 3.05) is 0 Å². The first-order valence-corrected chi connectivity index (χ1v) is 2.62. The number of hydrogen-bond donors (Lipinski definition) is 0. The fraction of sp³-hybridized carbons (Fsp3) is 0.143. The van der Waals surface area contributed by atoms with Gasteiger partial charge in [0.1, 0.15) is 0 Å². The third kappa shape index (κ3) is 86.9. The van der Waals surface area contributed by atoms with Gasteiger partial charge in [0.2, 0.25) is 0 Å². The summed E-state index contributed by atoms with van der Waals surface area (Å²) in [5, 5.41) is 26.2. The Morgan fingerprint density at radius 2 is 1.17 bits per heavy atom. The van der Waals surface area contributed by atoms with Gasteiger partial charge in [0, 0.05) is 0 Å². The van der Waals surface area contributed by atoms with Gasteiger partial charge in [0.25, 0.3) is 0 Å². The molecule has 0 atom stereocenters. The molecular formula is C7H9O5-3. The Kier molecular flexibility index (Phi) is 16.6. The van der Waals surface area contributed by atoms with Crippen LogP contribution in [0.5, 0.6) is 0 Å². The third-order valence-electron chi connectivity index (χ3n) is 0.348. The van der Waals surface area contributed by atoms with Crippen LogP contribution in [0.2, 0.25) is 0 Å². The fourth-order valence-electron chi connectivity index (χ4n) is 0. The van der Waals surface area contributed by atoms with Crippen LogP contribution in [-0.4, -0.2) is 12.1 Å². The zero-order chi connectivity index (χ0) is 10.7. The molecule has 0 saturated carbocycles.